The van der Waals surface area contributed by atoms with E-state index in [9.17, 15) is 9.59 Å². The zero-order valence-electron chi connectivity index (χ0n) is 19.9. The summed E-state index contributed by atoms with van der Waals surface area (Å²) in [4.78, 5) is 25.5. The Balaban J connectivity index is 1.41. The molecule has 0 saturated heterocycles. The summed E-state index contributed by atoms with van der Waals surface area (Å²) in [5.74, 6) is 0.281. The van der Waals surface area contributed by atoms with Crippen LogP contribution in [0.1, 0.15) is 23.1 Å². The largest absolute Gasteiger partial charge is 0.484 e. The first-order valence-electron chi connectivity index (χ1n) is 11.1. The molecule has 0 unspecified atom stereocenters. The minimum atomic E-state index is -0.483. The third-order valence-electron chi connectivity index (χ3n) is 5.12. The molecule has 1 N–H and O–H groups in total. The van der Waals surface area contributed by atoms with Crippen LogP contribution in [-0.4, -0.2) is 39.0 Å². The monoisotopic (exact) mass is 576 g/mol. The van der Waals surface area contributed by atoms with Crippen molar-refractivity contribution in [1.29, 1.82) is 0 Å². The predicted octanol–water partition coefficient (Wildman–Crippen LogP) is 6.34. The maximum atomic E-state index is 12.8. The van der Waals surface area contributed by atoms with E-state index in [-0.39, 0.29) is 24.9 Å². The van der Waals surface area contributed by atoms with Crippen molar-refractivity contribution in [2.75, 3.05) is 17.7 Å². The number of thioether (sulfide) groups is 1. The molecule has 4 aromatic rings. The zero-order valence-corrected chi connectivity index (χ0v) is 23.0. The van der Waals surface area contributed by atoms with Crippen molar-refractivity contribution in [3.05, 3.63) is 75.3 Å². The Morgan fingerprint density at radius 2 is 1.92 bits per heavy atom. The van der Waals surface area contributed by atoms with E-state index in [4.69, 9.17) is 32.7 Å². The lowest BCUT2D eigenvalue weighted by molar-refractivity contribution is -0.113. The topological polar surface area (TPSA) is 95.3 Å². The molecule has 8 nitrogen and oxygen atoms in total. The van der Waals surface area contributed by atoms with E-state index in [2.05, 4.69) is 15.5 Å². The van der Waals surface area contributed by atoms with Gasteiger partial charge in [0.2, 0.25) is 5.91 Å². The highest BCUT2D eigenvalue weighted by atomic mass is 35.5. The molecule has 2 aromatic heterocycles. The van der Waals surface area contributed by atoms with Crippen LogP contribution in [0, 0.1) is 0 Å². The molecule has 2 heterocycles. The van der Waals surface area contributed by atoms with Crippen molar-refractivity contribution < 1.29 is 19.1 Å². The average Bonchev–Trinajstić information content (AvgIpc) is 3.47. The van der Waals surface area contributed by atoms with Crippen molar-refractivity contribution >= 4 is 63.2 Å². The lowest BCUT2D eigenvalue weighted by Gasteiger charge is -2.09. The van der Waals surface area contributed by atoms with Gasteiger partial charge in [0.15, 0.2) is 11.0 Å². The average molecular weight is 578 g/mol. The van der Waals surface area contributed by atoms with E-state index in [1.807, 2.05) is 35.7 Å². The van der Waals surface area contributed by atoms with Crippen LogP contribution in [0.15, 0.2) is 59.1 Å². The van der Waals surface area contributed by atoms with E-state index >= 15 is 0 Å². The number of aromatic nitrogens is 3. The second-order valence-electron chi connectivity index (χ2n) is 7.60. The summed E-state index contributed by atoms with van der Waals surface area (Å²) in [5.41, 5.74) is 1.92. The van der Waals surface area contributed by atoms with Gasteiger partial charge in [-0.3, -0.25) is 4.79 Å². The van der Waals surface area contributed by atoms with Crippen LogP contribution in [0.2, 0.25) is 10.0 Å². The van der Waals surface area contributed by atoms with Crippen LogP contribution >= 0.6 is 46.3 Å². The molecule has 0 atom stereocenters. The Kier molecular flexibility index (Phi) is 9.09. The highest BCUT2D eigenvalue weighted by Gasteiger charge is 2.23. The van der Waals surface area contributed by atoms with Crippen molar-refractivity contribution in [3.8, 4) is 16.9 Å². The highest BCUT2D eigenvalue weighted by Crippen LogP contribution is 2.36. The number of amides is 1. The quantitative estimate of drug-likeness (QED) is 0.174. The molecule has 37 heavy (non-hydrogen) atoms. The summed E-state index contributed by atoms with van der Waals surface area (Å²) in [6.45, 7) is 2.09. The van der Waals surface area contributed by atoms with Gasteiger partial charge in [-0.05, 0) is 24.6 Å². The molecular formula is C25H22Cl2N4O4S2. The highest BCUT2D eigenvalue weighted by molar-refractivity contribution is 7.99. The number of esters is 1. The number of benzene rings is 2. The smallest absolute Gasteiger partial charge is 0.341 e. The molecule has 0 radical (unpaired) electrons. The van der Waals surface area contributed by atoms with E-state index in [0.717, 1.165) is 5.56 Å². The Bertz CT molecular complexity index is 1410. The summed E-state index contributed by atoms with van der Waals surface area (Å²) < 4.78 is 12.7. The van der Waals surface area contributed by atoms with Gasteiger partial charge >= 0.3 is 5.97 Å². The van der Waals surface area contributed by atoms with Gasteiger partial charge in [0.1, 0.15) is 22.9 Å². The molecule has 0 aliphatic heterocycles. The van der Waals surface area contributed by atoms with E-state index in [0.29, 0.717) is 42.9 Å². The molecular weight excluding hydrogens is 555 g/mol. The summed E-state index contributed by atoms with van der Waals surface area (Å²) in [6.07, 6.45) is 0. The number of hydrogen-bond donors (Lipinski definition) is 1. The third-order valence-corrected chi connectivity index (χ3v) is 7.58. The minimum absolute atomic E-state index is 0.0633. The number of hydrogen-bond acceptors (Lipinski definition) is 8. The van der Waals surface area contributed by atoms with Gasteiger partial charge < -0.3 is 19.4 Å². The first-order valence-corrected chi connectivity index (χ1v) is 13.7. The summed E-state index contributed by atoms with van der Waals surface area (Å²) in [7, 11) is 1.78. The fourth-order valence-electron chi connectivity index (χ4n) is 3.31. The van der Waals surface area contributed by atoms with Gasteiger partial charge in [-0.25, -0.2) is 4.79 Å². The molecule has 0 aliphatic rings. The maximum absolute atomic E-state index is 12.8. The third kappa shape index (κ3) is 6.64. The van der Waals surface area contributed by atoms with E-state index in [1.165, 1.54) is 23.1 Å². The van der Waals surface area contributed by atoms with Gasteiger partial charge in [-0.15, -0.1) is 21.5 Å². The first kappa shape index (κ1) is 27.0. The summed E-state index contributed by atoms with van der Waals surface area (Å²) in [5, 5.41) is 14.9. The Labute approximate surface area is 231 Å². The number of carbonyl (C=O) groups is 2. The molecule has 0 spiro atoms. The number of rotatable bonds is 10. The Morgan fingerprint density at radius 1 is 1.14 bits per heavy atom. The molecule has 0 fully saturated rings. The van der Waals surface area contributed by atoms with Crippen molar-refractivity contribution in [2.24, 2.45) is 7.05 Å². The van der Waals surface area contributed by atoms with Crippen LogP contribution in [0.4, 0.5) is 5.00 Å². The number of carbonyl (C=O) groups excluding carboxylic acids is 2. The maximum Gasteiger partial charge on any atom is 0.341 e. The van der Waals surface area contributed by atoms with Gasteiger partial charge in [0.25, 0.3) is 0 Å². The van der Waals surface area contributed by atoms with Crippen molar-refractivity contribution in [2.45, 2.75) is 18.7 Å². The van der Waals surface area contributed by atoms with Crippen LogP contribution in [-0.2, 0) is 23.2 Å². The van der Waals surface area contributed by atoms with Gasteiger partial charge in [-0.1, -0.05) is 65.3 Å². The summed E-state index contributed by atoms with van der Waals surface area (Å²) >= 11 is 14.6. The molecule has 0 bridgehead atoms. The van der Waals surface area contributed by atoms with E-state index in [1.54, 1.807) is 36.7 Å². The molecule has 0 saturated carbocycles. The molecule has 0 aliphatic carbocycles. The predicted molar refractivity (Wildman–Crippen MR) is 147 cm³/mol. The lowest BCUT2D eigenvalue weighted by atomic mass is 10.0. The molecule has 2 aromatic carbocycles. The second-order valence-corrected chi connectivity index (χ2v) is 10.3. The lowest BCUT2D eigenvalue weighted by Crippen LogP contribution is -2.16. The number of thiophene rings is 1. The van der Waals surface area contributed by atoms with Gasteiger partial charge in [-0.2, -0.15) is 0 Å². The van der Waals surface area contributed by atoms with Crippen LogP contribution in [0.3, 0.4) is 0 Å². The zero-order chi connectivity index (χ0) is 26.4. The number of ether oxygens (including phenoxy) is 2. The van der Waals surface area contributed by atoms with Crippen LogP contribution in [0.5, 0.6) is 5.75 Å². The minimum Gasteiger partial charge on any atom is -0.484 e. The van der Waals surface area contributed by atoms with Crippen molar-refractivity contribution in [1.82, 2.24) is 14.8 Å². The molecule has 1 amide bonds. The van der Waals surface area contributed by atoms with Gasteiger partial charge in [0, 0.05) is 29.1 Å². The standard InChI is InChI=1S/C25H22Cl2N4O4S2/c1-3-34-24(33)22-17(15-7-5-4-6-8-15)13-36-23(22)28-21(32)14-37-25-30-29-20(31(25)2)12-35-19-11-16(26)9-10-18(19)27/h4-11,13H,3,12,14H2,1-2H3,(H,28,32). The SMILES string of the molecule is CCOC(=O)c1c(-c2ccccc2)csc1NC(=O)CSc1nnc(COc2cc(Cl)ccc2Cl)n1C. The van der Waals surface area contributed by atoms with E-state index < -0.39 is 5.97 Å². The fourth-order valence-corrected chi connectivity index (χ4v) is 5.34. The molecule has 4 rings (SSSR count). The number of nitrogens with zero attached hydrogens (tertiary/aromatic N) is 3. The number of anilines is 1. The fraction of sp³-hybridized carbons (Fsp3) is 0.200. The number of nitrogens with one attached hydrogen (secondary N) is 1. The Morgan fingerprint density at radius 3 is 2.68 bits per heavy atom. The van der Waals surface area contributed by atoms with Crippen molar-refractivity contribution in [3.63, 3.8) is 0 Å². The second kappa shape index (κ2) is 12.5. The molecule has 12 heteroatoms. The molecule has 192 valence electrons. The van der Waals surface area contributed by atoms with Gasteiger partial charge in [0.05, 0.1) is 17.4 Å². The normalized spacial score (nSPS) is 10.8. The number of halogens is 2. The summed E-state index contributed by atoms with van der Waals surface area (Å²) in [6, 6.07) is 14.4. The van der Waals surface area contributed by atoms with Crippen LogP contribution < -0.4 is 10.1 Å². The first-order chi connectivity index (χ1) is 17.9. The Hall–Kier alpha value is -3.05. The van der Waals surface area contributed by atoms with Crippen LogP contribution in [0.25, 0.3) is 11.1 Å².